The van der Waals surface area contributed by atoms with E-state index in [-0.39, 0.29) is 6.61 Å². The van der Waals surface area contributed by atoms with Gasteiger partial charge in [-0.2, -0.15) is 4.98 Å². The molecule has 1 saturated heterocycles. The Labute approximate surface area is 227 Å². The number of hydrogen-bond acceptors (Lipinski definition) is 6. The first-order chi connectivity index (χ1) is 18.6. The summed E-state index contributed by atoms with van der Waals surface area (Å²) in [6.45, 7) is 6.43. The van der Waals surface area contributed by atoms with Crippen LogP contribution in [0.5, 0.6) is 0 Å². The lowest BCUT2D eigenvalue weighted by atomic mass is 9.80. The molecular weight excluding hydrogens is 472 g/mol. The van der Waals surface area contributed by atoms with Crippen molar-refractivity contribution in [3.8, 4) is 0 Å². The second-order valence-corrected chi connectivity index (χ2v) is 12.2. The number of anilines is 2. The summed E-state index contributed by atoms with van der Waals surface area (Å²) in [5.41, 5.74) is 3.08. The molecule has 2 aromatic heterocycles. The Bertz CT molecular complexity index is 1210. The highest BCUT2D eigenvalue weighted by molar-refractivity contribution is 5.86. The van der Waals surface area contributed by atoms with Crippen LogP contribution in [0.15, 0.2) is 30.3 Å². The smallest absolute Gasteiger partial charge is 0.208 e. The molecule has 2 unspecified atom stereocenters. The molecular formula is C31H44N6O. The van der Waals surface area contributed by atoms with Crippen LogP contribution in [0.3, 0.4) is 0 Å². The Morgan fingerprint density at radius 1 is 0.947 bits per heavy atom. The molecule has 2 aliphatic carbocycles. The molecule has 2 N–H and O–H groups in total. The maximum Gasteiger partial charge on any atom is 0.208 e. The molecule has 0 amide bonds. The molecule has 3 fully saturated rings. The summed E-state index contributed by atoms with van der Waals surface area (Å²) >= 11 is 0. The van der Waals surface area contributed by atoms with Gasteiger partial charge in [0, 0.05) is 19.1 Å². The van der Waals surface area contributed by atoms with Gasteiger partial charge in [-0.3, -0.25) is 0 Å². The van der Waals surface area contributed by atoms with Gasteiger partial charge in [0.2, 0.25) is 5.95 Å². The van der Waals surface area contributed by atoms with Gasteiger partial charge in [-0.25, -0.2) is 9.97 Å². The minimum absolute atomic E-state index is 0.179. The first kappa shape index (κ1) is 25.6. The maximum absolute atomic E-state index is 10.0. The van der Waals surface area contributed by atoms with Gasteiger partial charge in [0.05, 0.1) is 6.04 Å². The van der Waals surface area contributed by atoms with Gasteiger partial charge >= 0.3 is 0 Å². The van der Waals surface area contributed by atoms with Gasteiger partial charge in [0.15, 0.2) is 17.3 Å². The topological polar surface area (TPSA) is 79.1 Å². The van der Waals surface area contributed by atoms with Crippen molar-refractivity contribution < 1.29 is 5.11 Å². The van der Waals surface area contributed by atoms with Crippen molar-refractivity contribution in [1.29, 1.82) is 0 Å². The van der Waals surface area contributed by atoms with Gasteiger partial charge in [-0.1, -0.05) is 56.5 Å². The molecule has 3 aliphatic rings. The highest BCUT2D eigenvalue weighted by Crippen LogP contribution is 2.39. The largest absolute Gasteiger partial charge is 0.388 e. The summed E-state index contributed by atoms with van der Waals surface area (Å²) in [6, 6.07) is 11.6. The molecule has 7 nitrogen and oxygen atoms in total. The predicted octanol–water partition coefficient (Wildman–Crippen LogP) is 6.48. The molecule has 1 aliphatic heterocycles. The molecule has 0 spiro atoms. The lowest BCUT2D eigenvalue weighted by Crippen LogP contribution is -2.36. The number of rotatable bonds is 8. The number of hydrogen-bond donors (Lipinski definition) is 2. The van der Waals surface area contributed by atoms with Crippen molar-refractivity contribution in [2.45, 2.75) is 103 Å². The number of benzene rings is 1. The number of fused-ring (bicyclic) bond motifs is 1. The third kappa shape index (κ3) is 5.14. The second kappa shape index (κ2) is 11.2. The third-order valence-corrected chi connectivity index (χ3v) is 9.51. The van der Waals surface area contributed by atoms with E-state index in [1.54, 1.807) is 0 Å². The fourth-order valence-corrected chi connectivity index (χ4v) is 6.87. The average molecular weight is 517 g/mol. The van der Waals surface area contributed by atoms with E-state index in [0.717, 1.165) is 42.7 Å². The van der Waals surface area contributed by atoms with Crippen LogP contribution in [0, 0.1) is 17.8 Å². The Morgan fingerprint density at radius 3 is 2.45 bits per heavy atom. The molecule has 204 valence electrons. The fourth-order valence-electron chi connectivity index (χ4n) is 6.87. The van der Waals surface area contributed by atoms with Gasteiger partial charge < -0.3 is 19.9 Å². The highest BCUT2D eigenvalue weighted by atomic mass is 16.3. The van der Waals surface area contributed by atoms with E-state index in [1.165, 1.54) is 63.4 Å². The van der Waals surface area contributed by atoms with Crippen molar-refractivity contribution in [2.75, 3.05) is 16.8 Å². The lowest BCUT2D eigenvalue weighted by Gasteiger charge is -2.38. The van der Waals surface area contributed by atoms with Crippen LogP contribution in [0.1, 0.15) is 95.5 Å². The zero-order valence-corrected chi connectivity index (χ0v) is 23.1. The number of piperidine rings is 1. The van der Waals surface area contributed by atoms with Crippen LogP contribution < -0.4 is 10.2 Å². The van der Waals surface area contributed by atoms with Gasteiger partial charge in [-0.15, -0.1) is 0 Å². The Hall–Kier alpha value is -2.67. The minimum Gasteiger partial charge on any atom is -0.388 e. The predicted molar refractivity (Wildman–Crippen MR) is 153 cm³/mol. The molecule has 0 bridgehead atoms. The second-order valence-electron chi connectivity index (χ2n) is 12.2. The van der Waals surface area contributed by atoms with E-state index >= 15 is 0 Å². The Balaban J connectivity index is 1.45. The van der Waals surface area contributed by atoms with Crippen LogP contribution in [0.4, 0.5) is 11.8 Å². The van der Waals surface area contributed by atoms with E-state index < -0.39 is 0 Å². The number of aliphatic hydroxyl groups is 1. The standard InChI is InChI=1S/C31H44N6O/c1-21-14-16-23(17-15-21)19-37-28-29(32-22(2)24-11-8-12-24)33-27(20-38)34-30(28)35-31(37)36-18-7-6-13-26(36)25-9-4-3-5-10-25/h3-5,9-10,21-24,26,38H,6-8,11-20H2,1-2H3,(H,32,33,34). The molecule has 0 radical (unpaired) electrons. The van der Waals surface area contributed by atoms with Crippen molar-refractivity contribution in [3.05, 3.63) is 41.7 Å². The fraction of sp³-hybridized carbons (Fsp3) is 0.645. The van der Waals surface area contributed by atoms with Crippen molar-refractivity contribution in [3.63, 3.8) is 0 Å². The summed E-state index contributed by atoms with van der Waals surface area (Å²) in [5, 5.41) is 13.8. The maximum atomic E-state index is 10.0. The molecule has 6 rings (SSSR count). The molecule has 38 heavy (non-hydrogen) atoms. The van der Waals surface area contributed by atoms with Crippen molar-refractivity contribution in [1.82, 2.24) is 19.5 Å². The number of imidazole rings is 1. The number of aliphatic hydroxyl groups excluding tert-OH is 1. The van der Waals surface area contributed by atoms with Crippen LogP contribution in [-0.2, 0) is 13.2 Å². The molecule has 2 atom stereocenters. The zero-order valence-electron chi connectivity index (χ0n) is 23.1. The summed E-state index contributed by atoms with van der Waals surface area (Å²) in [6.07, 6.45) is 12.5. The molecule has 3 aromatic rings. The van der Waals surface area contributed by atoms with E-state index in [0.29, 0.717) is 35.4 Å². The Kier molecular flexibility index (Phi) is 7.55. The van der Waals surface area contributed by atoms with Crippen molar-refractivity contribution >= 4 is 22.9 Å². The highest BCUT2D eigenvalue weighted by Gasteiger charge is 2.32. The summed E-state index contributed by atoms with van der Waals surface area (Å²) < 4.78 is 2.45. The summed E-state index contributed by atoms with van der Waals surface area (Å²) in [7, 11) is 0. The molecule has 7 heteroatoms. The van der Waals surface area contributed by atoms with Crippen LogP contribution in [-0.4, -0.2) is 37.2 Å². The average Bonchev–Trinajstić information content (AvgIpc) is 3.27. The zero-order chi connectivity index (χ0) is 26.1. The Morgan fingerprint density at radius 2 is 1.74 bits per heavy atom. The van der Waals surface area contributed by atoms with Crippen LogP contribution >= 0.6 is 0 Å². The summed E-state index contributed by atoms with van der Waals surface area (Å²) in [5.74, 6) is 4.45. The van der Waals surface area contributed by atoms with Gasteiger partial charge in [0.1, 0.15) is 12.1 Å². The monoisotopic (exact) mass is 516 g/mol. The molecule has 2 saturated carbocycles. The molecule has 3 heterocycles. The van der Waals surface area contributed by atoms with Crippen LogP contribution in [0.25, 0.3) is 11.2 Å². The van der Waals surface area contributed by atoms with Gasteiger partial charge in [0.25, 0.3) is 0 Å². The first-order valence-electron chi connectivity index (χ1n) is 15.1. The lowest BCUT2D eigenvalue weighted by molar-refractivity contribution is 0.265. The summed E-state index contributed by atoms with van der Waals surface area (Å²) in [4.78, 5) is 17.4. The van der Waals surface area contributed by atoms with E-state index in [9.17, 15) is 5.11 Å². The first-order valence-corrected chi connectivity index (χ1v) is 15.1. The van der Waals surface area contributed by atoms with Crippen molar-refractivity contribution in [2.24, 2.45) is 17.8 Å². The molecule has 1 aromatic carbocycles. The van der Waals surface area contributed by atoms with E-state index in [1.807, 2.05) is 0 Å². The normalized spacial score (nSPS) is 25.3. The number of nitrogens with one attached hydrogen (secondary N) is 1. The quantitative estimate of drug-likeness (QED) is 0.357. The third-order valence-electron chi connectivity index (χ3n) is 9.51. The van der Waals surface area contributed by atoms with E-state index in [4.69, 9.17) is 15.0 Å². The van der Waals surface area contributed by atoms with Crippen LogP contribution in [0.2, 0.25) is 0 Å². The van der Waals surface area contributed by atoms with Gasteiger partial charge in [-0.05, 0) is 75.2 Å². The minimum atomic E-state index is -0.179. The van der Waals surface area contributed by atoms with E-state index in [2.05, 4.69) is 59.0 Å². The number of nitrogens with zero attached hydrogens (tertiary/aromatic N) is 5. The number of aromatic nitrogens is 4. The SMILES string of the molecule is CC1CCC(Cn2c(N3CCCCC3c3ccccc3)nc3nc(CO)nc(NC(C)C4CCC4)c32)CC1.